The summed E-state index contributed by atoms with van der Waals surface area (Å²) in [5.41, 5.74) is 2.26. The maximum atomic E-state index is 13.0. The first-order chi connectivity index (χ1) is 6.77. The zero-order valence-electron chi connectivity index (χ0n) is 7.74. The molecule has 2 nitrogen and oxygen atoms in total. The third kappa shape index (κ3) is 1.62. The Hall–Kier alpha value is -1.77. The molecule has 1 heterocycles. The Labute approximate surface area is 81.5 Å². The lowest BCUT2D eigenvalue weighted by Gasteiger charge is -2.01. The quantitative estimate of drug-likeness (QED) is 0.687. The van der Waals surface area contributed by atoms with E-state index in [1.54, 1.807) is 37.6 Å². The summed E-state index contributed by atoms with van der Waals surface area (Å²) in [7, 11) is 0. The minimum Gasteiger partial charge on any atom is -0.261 e. The summed E-state index contributed by atoms with van der Waals surface area (Å²) in [6.45, 7) is 1.73. The van der Waals surface area contributed by atoms with Gasteiger partial charge in [0.15, 0.2) is 0 Å². The molecular weight excluding hydrogens is 179 g/mol. The topological polar surface area (TPSA) is 25.8 Å². The number of halogens is 1. The smallest absolute Gasteiger partial charge is 0.126 e. The molecule has 0 saturated carbocycles. The van der Waals surface area contributed by atoms with E-state index in [1.807, 2.05) is 0 Å². The van der Waals surface area contributed by atoms with Crippen molar-refractivity contribution in [2.75, 3.05) is 0 Å². The Balaban J connectivity index is 2.48. The van der Waals surface area contributed by atoms with Crippen LogP contribution in [0, 0.1) is 12.7 Å². The molecule has 0 unspecified atom stereocenters. The molecule has 0 atom stereocenters. The number of hydrogen-bond donors (Lipinski definition) is 0. The molecule has 2 rings (SSSR count). The zero-order chi connectivity index (χ0) is 9.97. The van der Waals surface area contributed by atoms with Gasteiger partial charge in [0.05, 0.1) is 11.9 Å². The SMILES string of the molecule is Cc1cc(-c2cnccn2)ccc1F. The van der Waals surface area contributed by atoms with Crippen molar-refractivity contribution in [2.24, 2.45) is 0 Å². The highest BCUT2D eigenvalue weighted by atomic mass is 19.1. The van der Waals surface area contributed by atoms with Crippen LogP contribution in [0.1, 0.15) is 5.56 Å². The number of aromatic nitrogens is 2. The number of benzene rings is 1. The van der Waals surface area contributed by atoms with Crippen LogP contribution >= 0.6 is 0 Å². The summed E-state index contributed by atoms with van der Waals surface area (Å²) < 4.78 is 13.0. The van der Waals surface area contributed by atoms with Gasteiger partial charge in [-0.05, 0) is 30.7 Å². The summed E-state index contributed by atoms with van der Waals surface area (Å²) in [6.07, 6.45) is 4.89. The lowest BCUT2D eigenvalue weighted by molar-refractivity contribution is 0.619. The first-order valence-corrected chi connectivity index (χ1v) is 4.30. The second-order valence-electron chi connectivity index (χ2n) is 3.05. The minimum atomic E-state index is -0.197. The van der Waals surface area contributed by atoms with E-state index >= 15 is 0 Å². The van der Waals surface area contributed by atoms with Crippen LogP contribution in [-0.4, -0.2) is 9.97 Å². The second kappa shape index (κ2) is 3.54. The monoisotopic (exact) mass is 188 g/mol. The van der Waals surface area contributed by atoms with E-state index in [4.69, 9.17) is 0 Å². The molecule has 1 aromatic carbocycles. The van der Waals surface area contributed by atoms with Crippen LogP contribution in [0.15, 0.2) is 36.8 Å². The Morgan fingerprint density at radius 1 is 1.21 bits per heavy atom. The molecule has 0 fully saturated rings. The molecule has 0 amide bonds. The standard InChI is InChI=1S/C11H9FN2/c1-8-6-9(2-3-10(8)12)11-7-13-4-5-14-11/h2-7H,1H3. The van der Waals surface area contributed by atoms with E-state index in [9.17, 15) is 4.39 Å². The molecule has 1 aromatic heterocycles. The molecule has 0 N–H and O–H groups in total. The normalized spacial score (nSPS) is 10.1. The Morgan fingerprint density at radius 3 is 2.71 bits per heavy atom. The highest BCUT2D eigenvalue weighted by molar-refractivity contribution is 5.58. The first kappa shape index (κ1) is 8.81. The summed E-state index contributed by atoms with van der Waals surface area (Å²) in [5.74, 6) is -0.197. The molecule has 3 heteroatoms. The van der Waals surface area contributed by atoms with Gasteiger partial charge in [-0.3, -0.25) is 9.97 Å². The molecule has 0 aliphatic rings. The number of rotatable bonds is 1. The van der Waals surface area contributed by atoms with Crippen LogP contribution in [0.4, 0.5) is 4.39 Å². The fraction of sp³-hybridized carbons (Fsp3) is 0.0909. The van der Waals surface area contributed by atoms with E-state index < -0.39 is 0 Å². The van der Waals surface area contributed by atoms with Crippen molar-refractivity contribution >= 4 is 0 Å². The molecule has 0 spiro atoms. The number of hydrogen-bond acceptors (Lipinski definition) is 2. The lowest BCUT2D eigenvalue weighted by Crippen LogP contribution is -1.87. The molecule has 0 bridgehead atoms. The fourth-order valence-corrected chi connectivity index (χ4v) is 1.25. The molecule has 0 radical (unpaired) electrons. The predicted molar refractivity (Wildman–Crippen MR) is 52.2 cm³/mol. The third-order valence-electron chi connectivity index (χ3n) is 2.02. The highest BCUT2D eigenvalue weighted by Gasteiger charge is 2.01. The van der Waals surface area contributed by atoms with Crippen molar-refractivity contribution < 1.29 is 4.39 Å². The van der Waals surface area contributed by atoms with Gasteiger partial charge in [-0.2, -0.15) is 0 Å². The average Bonchev–Trinajstić information content (AvgIpc) is 2.23. The number of aryl methyl sites for hydroxylation is 1. The fourth-order valence-electron chi connectivity index (χ4n) is 1.25. The van der Waals surface area contributed by atoms with Crippen LogP contribution in [0.25, 0.3) is 11.3 Å². The van der Waals surface area contributed by atoms with Crippen LogP contribution in [0.3, 0.4) is 0 Å². The van der Waals surface area contributed by atoms with Gasteiger partial charge in [0.2, 0.25) is 0 Å². The molecular formula is C11H9FN2. The van der Waals surface area contributed by atoms with Crippen LogP contribution < -0.4 is 0 Å². The van der Waals surface area contributed by atoms with Gasteiger partial charge < -0.3 is 0 Å². The molecule has 0 aliphatic carbocycles. The van der Waals surface area contributed by atoms with Gasteiger partial charge in [0.1, 0.15) is 5.82 Å². The van der Waals surface area contributed by atoms with E-state index in [0.717, 1.165) is 11.3 Å². The van der Waals surface area contributed by atoms with Crippen LogP contribution in [0.2, 0.25) is 0 Å². The van der Waals surface area contributed by atoms with Crippen molar-refractivity contribution in [3.63, 3.8) is 0 Å². The first-order valence-electron chi connectivity index (χ1n) is 4.30. The molecule has 14 heavy (non-hydrogen) atoms. The Morgan fingerprint density at radius 2 is 2.07 bits per heavy atom. The predicted octanol–water partition coefficient (Wildman–Crippen LogP) is 2.59. The van der Waals surface area contributed by atoms with Gasteiger partial charge in [0, 0.05) is 18.0 Å². The van der Waals surface area contributed by atoms with Crippen LogP contribution in [-0.2, 0) is 0 Å². The van der Waals surface area contributed by atoms with E-state index in [0.29, 0.717) is 5.56 Å². The molecule has 70 valence electrons. The average molecular weight is 188 g/mol. The van der Waals surface area contributed by atoms with Gasteiger partial charge in [-0.25, -0.2) is 4.39 Å². The van der Waals surface area contributed by atoms with E-state index in [2.05, 4.69) is 9.97 Å². The lowest BCUT2D eigenvalue weighted by atomic mass is 10.1. The van der Waals surface area contributed by atoms with Gasteiger partial charge in [0.25, 0.3) is 0 Å². The van der Waals surface area contributed by atoms with Crippen molar-refractivity contribution in [3.8, 4) is 11.3 Å². The second-order valence-corrected chi connectivity index (χ2v) is 3.05. The number of nitrogens with zero attached hydrogens (tertiary/aromatic N) is 2. The summed E-state index contributed by atoms with van der Waals surface area (Å²) in [4.78, 5) is 8.09. The van der Waals surface area contributed by atoms with Crippen LogP contribution in [0.5, 0.6) is 0 Å². The maximum absolute atomic E-state index is 13.0. The largest absolute Gasteiger partial charge is 0.261 e. The maximum Gasteiger partial charge on any atom is 0.126 e. The van der Waals surface area contributed by atoms with Gasteiger partial charge >= 0.3 is 0 Å². The summed E-state index contributed by atoms with van der Waals surface area (Å²) in [5, 5.41) is 0. The summed E-state index contributed by atoms with van der Waals surface area (Å²) >= 11 is 0. The zero-order valence-corrected chi connectivity index (χ0v) is 7.74. The van der Waals surface area contributed by atoms with Crippen molar-refractivity contribution in [2.45, 2.75) is 6.92 Å². The minimum absolute atomic E-state index is 0.197. The van der Waals surface area contributed by atoms with E-state index in [-0.39, 0.29) is 5.82 Å². The Bertz CT molecular complexity index is 440. The molecule has 2 aromatic rings. The van der Waals surface area contributed by atoms with Crippen molar-refractivity contribution in [3.05, 3.63) is 48.2 Å². The van der Waals surface area contributed by atoms with Crippen molar-refractivity contribution in [1.29, 1.82) is 0 Å². The summed E-state index contributed by atoms with van der Waals surface area (Å²) in [6, 6.07) is 4.91. The molecule has 0 aliphatic heterocycles. The van der Waals surface area contributed by atoms with Gasteiger partial charge in [-0.1, -0.05) is 0 Å². The van der Waals surface area contributed by atoms with E-state index in [1.165, 1.54) is 6.07 Å². The van der Waals surface area contributed by atoms with Gasteiger partial charge in [-0.15, -0.1) is 0 Å². The Kier molecular flexibility index (Phi) is 2.23. The van der Waals surface area contributed by atoms with Crippen molar-refractivity contribution in [1.82, 2.24) is 9.97 Å². The highest BCUT2D eigenvalue weighted by Crippen LogP contribution is 2.18. The third-order valence-corrected chi connectivity index (χ3v) is 2.02. The molecule has 0 saturated heterocycles.